The number of thiocarbonyl (C=S) groups is 1. The van der Waals surface area contributed by atoms with Gasteiger partial charge in [-0.15, -0.1) is 0 Å². The summed E-state index contributed by atoms with van der Waals surface area (Å²) >= 11 is 5.72. The van der Waals surface area contributed by atoms with Crippen LogP contribution in [0.4, 0.5) is 0 Å². The largest absolute Gasteiger partial charge is 0.486 e. The van der Waals surface area contributed by atoms with Crippen molar-refractivity contribution in [3.05, 3.63) is 29.8 Å². The van der Waals surface area contributed by atoms with Crippen LogP contribution in [0.5, 0.6) is 5.75 Å². The summed E-state index contributed by atoms with van der Waals surface area (Å²) in [5, 5.41) is 10.1. The van der Waals surface area contributed by atoms with E-state index in [0.717, 1.165) is 50.7 Å². The van der Waals surface area contributed by atoms with Crippen LogP contribution < -0.4 is 4.74 Å². The lowest BCUT2D eigenvalue weighted by Crippen LogP contribution is -2.59. The van der Waals surface area contributed by atoms with Gasteiger partial charge in [-0.3, -0.25) is 0 Å². The molecule has 28 heavy (non-hydrogen) atoms. The number of aliphatic hydroxyl groups excluding tert-OH is 1. The molecule has 3 aliphatic heterocycles. The predicted octanol–water partition coefficient (Wildman–Crippen LogP) is 3.09. The van der Waals surface area contributed by atoms with Crippen LogP contribution in [0.15, 0.2) is 24.3 Å². The van der Waals surface area contributed by atoms with Crippen LogP contribution in [0.25, 0.3) is 0 Å². The Hall–Kier alpha value is -1.50. The highest BCUT2D eigenvalue weighted by Crippen LogP contribution is 2.40. The van der Waals surface area contributed by atoms with Crippen molar-refractivity contribution < 1.29 is 19.4 Å². The molecule has 0 spiro atoms. The number of hydrogen-bond acceptors (Lipinski definition) is 5. The highest BCUT2D eigenvalue weighted by atomic mass is 32.1. The van der Waals surface area contributed by atoms with Gasteiger partial charge < -0.3 is 24.3 Å². The van der Waals surface area contributed by atoms with Crippen molar-refractivity contribution in [2.75, 3.05) is 26.4 Å². The molecule has 3 heterocycles. The molecule has 2 fully saturated rings. The fraction of sp³-hybridized carbons (Fsp3) is 0.636. The second-order valence-corrected chi connectivity index (χ2v) is 8.82. The first-order valence-corrected chi connectivity index (χ1v) is 10.8. The Balaban J connectivity index is 1.66. The number of hydrogen-bond donors (Lipinski definition) is 1. The van der Waals surface area contributed by atoms with E-state index in [4.69, 9.17) is 21.7 Å². The number of para-hydroxylation sites is 1. The Labute approximate surface area is 172 Å². The molecule has 0 aromatic heterocycles. The fourth-order valence-electron chi connectivity index (χ4n) is 5.06. The van der Waals surface area contributed by atoms with Crippen molar-refractivity contribution in [3.8, 4) is 5.75 Å². The summed E-state index contributed by atoms with van der Waals surface area (Å²) in [4.78, 5) is 14.8. The van der Waals surface area contributed by atoms with E-state index in [2.05, 4.69) is 17.0 Å². The Bertz CT molecular complexity index is 718. The van der Waals surface area contributed by atoms with Crippen LogP contribution in [-0.4, -0.2) is 59.8 Å². The number of benzene rings is 1. The van der Waals surface area contributed by atoms with E-state index in [-0.39, 0.29) is 18.8 Å². The Kier molecular flexibility index (Phi) is 5.99. The van der Waals surface area contributed by atoms with Gasteiger partial charge in [0.25, 0.3) is 0 Å². The van der Waals surface area contributed by atoms with Crippen molar-refractivity contribution in [3.63, 3.8) is 0 Å². The molecule has 1 aliphatic carbocycles. The highest BCUT2D eigenvalue weighted by Gasteiger charge is 2.46. The number of rotatable bonds is 2. The van der Waals surface area contributed by atoms with E-state index in [1.54, 1.807) is 0 Å². The average Bonchev–Trinajstić information content (AvgIpc) is 2.77. The summed E-state index contributed by atoms with van der Waals surface area (Å²) < 4.78 is 12.5. The number of nitrogens with zero attached hydrogens (tertiary/aromatic N) is 1. The Morgan fingerprint density at radius 2 is 2.04 bits per heavy atom. The van der Waals surface area contributed by atoms with Gasteiger partial charge >= 0.3 is 0 Å². The average molecular weight is 404 g/mol. The number of ether oxygens (including phenoxy) is 2. The first-order chi connectivity index (χ1) is 13.7. The first-order valence-electron chi connectivity index (χ1n) is 10.4. The molecule has 2 bridgehead atoms. The molecule has 2 unspecified atom stereocenters. The van der Waals surface area contributed by atoms with Gasteiger partial charge in [0.1, 0.15) is 23.6 Å². The summed E-state index contributed by atoms with van der Waals surface area (Å²) in [7, 11) is 0. The standard InChI is InChI=1S/C22H29NO4S/c24-14-22(15-25)10-3-11-23-20(22)12-26-17-8-6-16(7-9-17)18-4-1-2-5-19(18)27-13-21(23)28/h1-2,4-5,14,16-17,20,25H,3,6-13,15H2. The molecule has 1 aromatic rings. The number of piperidine rings is 1. The van der Waals surface area contributed by atoms with E-state index in [1.807, 2.05) is 12.1 Å². The highest BCUT2D eigenvalue weighted by molar-refractivity contribution is 7.80. The number of fused-ring (bicyclic) bond motifs is 5. The minimum Gasteiger partial charge on any atom is -0.486 e. The van der Waals surface area contributed by atoms with Gasteiger partial charge in [0.2, 0.25) is 0 Å². The Morgan fingerprint density at radius 3 is 2.79 bits per heavy atom. The summed E-state index contributed by atoms with van der Waals surface area (Å²) in [5.74, 6) is 1.39. The fourth-order valence-corrected chi connectivity index (χ4v) is 5.34. The minimum absolute atomic E-state index is 0.180. The molecule has 5 rings (SSSR count). The topological polar surface area (TPSA) is 59.0 Å². The van der Waals surface area contributed by atoms with E-state index in [0.29, 0.717) is 30.5 Å². The summed E-state index contributed by atoms with van der Waals surface area (Å²) in [5.41, 5.74) is 0.438. The quantitative estimate of drug-likeness (QED) is 0.605. The van der Waals surface area contributed by atoms with Gasteiger partial charge in [0, 0.05) is 6.54 Å². The van der Waals surface area contributed by atoms with Crippen LogP contribution in [0.3, 0.4) is 0 Å². The van der Waals surface area contributed by atoms with E-state index < -0.39 is 5.41 Å². The molecule has 0 amide bonds. The zero-order valence-electron chi connectivity index (χ0n) is 16.2. The maximum Gasteiger partial charge on any atom is 0.138 e. The van der Waals surface area contributed by atoms with E-state index in [1.165, 1.54) is 5.56 Å². The summed E-state index contributed by atoms with van der Waals surface area (Å²) in [6.45, 7) is 1.31. The lowest BCUT2D eigenvalue weighted by Gasteiger charge is -2.47. The van der Waals surface area contributed by atoms with Crippen LogP contribution in [-0.2, 0) is 9.53 Å². The van der Waals surface area contributed by atoms with Gasteiger partial charge in [-0.1, -0.05) is 30.4 Å². The molecule has 5 nitrogen and oxygen atoms in total. The van der Waals surface area contributed by atoms with Gasteiger partial charge in [0.05, 0.1) is 30.8 Å². The van der Waals surface area contributed by atoms with Crippen LogP contribution in [0.2, 0.25) is 0 Å². The number of carbonyl (C=O) groups is 1. The monoisotopic (exact) mass is 403 g/mol. The van der Waals surface area contributed by atoms with Gasteiger partial charge in [-0.2, -0.15) is 0 Å². The van der Waals surface area contributed by atoms with Crippen LogP contribution in [0, 0.1) is 5.41 Å². The van der Waals surface area contributed by atoms with Crippen molar-refractivity contribution in [2.24, 2.45) is 5.41 Å². The third-order valence-corrected chi connectivity index (χ3v) is 7.16. The molecular formula is C22H29NO4S. The first kappa shape index (κ1) is 19.8. The Morgan fingerprint density at radius 1 is 1.25 bits per heavy atom. The smallest absolute Gasteiger partial charge is 0.138 e. The number of aliphatic hydroxyl groups is 1. The molecule has 1 N–H and O–H groups in total. The van der Waals surface area contributed by atoms with Crippen molar-refractivity contribution in [1.29, 1.82) is 0 Å². The van der Waals surface area contributed by atoms with Crippen LogP contribution in [0.1, 0.15) is 50.0 Å². The van der Waals surface area contributed by atoms with E-state index in [9.17, 15) is 9.90 Å². The van der Waals surface area contributed by atoms with Gasteiger partial charge in [-0.25, -0.2) is 0 Å². The maximum atomic E-state index is 12.0. The molecule has 1 aromatic carbocycles. The van der Waals surface area contributed by atoms with Crippen molar-refractivity contribution >= 4 is 23.5 Å². The van der Waals surface area contributed by atoms with Crippen molar-refractivity contribution in [1.82, 2.24) is 4.90 Å². The minimum atomic E-state index is -0.822. The molecule has 1 saturated heterocycles. The summed E-state index contributed by atoms with van der Waals surface area (Å²) in [6.07, 6.45) is 6.75. The zero-order valence-corrected chi connectivity index (χ0v) is 17.0. The third kappa shape index (κ3) is 3.70. The lowest BCUT2D eigenvalue weighted by molar-refractivity contribution is -0.130. The maximum absolute atomic E-state index is 12.0. The second kappa shape index (κ2) is 8.47. The van der Waals surface area contributed by atoms with Gasteiger partial charge in [-0.05, 0) is 56.1 Å². The summed E-state index contributed by atoms with van der Waals surface area (Å²) in [6, 6.07) is 8.02. The SMILES string of the molecule is O=CC1(CO)CCCN2C(=S)COc3ccccc3C3CCC(CC3)OCC21. The molecular weight excluding hydrogens is 374 g/mol. The van der Waals surface area contributed by atoms with Gasteiger partial charge in [0.15, 0.2) is 0 Å². The third-order valence-electron chi connectivity index (χ3n) is 6.80. The van der Waals surface area contributed by atoms with Crippen LogP contribution >= 0.6 is 12.2 Å². The molecule has 1 saturated carbocycles. The molecule has 152 valence electrons. The number of carbonyl (C=O) groups excluding carboxylic acids is 1. The lowest BCUT2D eigenvalue weighted by atomic mass is 9.75. The molecule has 0 radical (unpaired) electrons. The number of aldehydes is 1. The molecule has 4 aliphatic rings. The predicted molar refractivity (Wildman–Crippen MR) is 111 cm³/mol. The second-order valence-electron chi connectivity index (χ2n) is 8.35. The molecule has 2 atom stereocenters. The molecule has 6 heteroatoms. The normalized spacial score (nSPS) is 33.5. The van der Waals surface area contributed by atoms with E-state index >= 15 is 0 Å². The van der Waals surface area contributed by atoms with Crippen molar-refractivity contribution in [2.45, 2.75) is 56.6 Å². The zero-order chi connectivity index (χ0) is 19.6.